The molecule has 1 aromatic carbocycles. The monoisotopic (exact) mass is 263 g/mol. The number of ether oxygens (including phenoxy) is 2. The molecule has 1 saturated carbocycles. The average molecular weight is 263 g/mol. The van der Waals surface area contributed by atoms with E-state index >= 15 is 0 Å². The Hall–Kier alpha value is -1.75. The van der Waals surface area contributed by atoms with Crippen LogP contribution in [0.1, 0.15) is 18.4 Å². The molecule has 0 atom stereocenters. The molecule has 1 heterocycles. The van der Waals surface area contributed by atoms with E-state index in [1.807, 2.05) is 23.1 Å². The highest BCUT2D eigenvalue weighted by molar-refractivity contribution is 5.69. The van der Waals surface area contributed by atoms with Gasteiger partial charge in [0.1, 0.15) is 0 Å². The molecule has 0 spiro atoms. The summed E-state index contributed by atoms with van der Waals surface area (Å²) < 4.78 is 10.6. The van der Waals surface area contributed by atoms with E-state index in [1.54, 1.807) is 0 Å². The number of carbonyl (C=O) groups is 1. The maximum atomic E-state index is 10.8. The lowest BCUT2D eigenvalue weighted by molar-refractivity contribution is -0.138. The minimum atomic E-state index is -0.752. The molecular formula is C14H17NO4. The molecule has 1 aliphatic heterocycles. The van der Waals surface area contributed by atoms with Crippen LogP contribution in [0.15, 0.2) is 18.2 Å². The van der Waals surface area contributed by atoms with E-state index in [1.165, 1.54) is 0 Å². The van der Waals surface area contributed by atoms with Crippen LogP contribution in [-0.4, -0.2) is 41.9 Å². The van der Waals surface area contributed by atoms with Crippen molar-refractivity contribution in [3.05, 3.63) is 23.8 Å². The van der Waals surface area contributed by atoms with E-state index in [0.29, 0.717) is 6.04 Å². The summed E-state index contributed by atoms with van der Waals surface area (Å²) in [4.78, 5) is 12.9. The number of carboxylic acid groups (broad SMARTS) is 1. The third-order valence-electron chi connectivity index (χ3n) is 3.53. The topological polar surface area (TPSA) is 59.0 Å². The van der Waals surface area contributed by atoms with Crippen LogP contribution in [-0.2, 0) is 11.2 Å². The molecule has 19 heavy (non-hydrogen) atoms. The summed E-state index contributed by atoms with van der Waals surface area (Å²) in [5, 5.41) is 8.91. The highest BCUT2D eigenvalue weighted by atomic mass is 16.7. The third kappa shape index (κ3) is 2.98. The number of rotatable bonds is 6. The highest BCUT2D eigenvalue weighted by Gasteiger charge is 2.29. The molecule has 3 rings (SSSR count). The van der Waals surface area contributed by atoms with Gasteiger partial charge in [-0.25, -0.2) is 0 Å². The van der Waals surface area contributed by atoms with Gasteiger partial charge in [-0.3, -0.25) is 9.69 Å². The van der Waals surface area contributed by atoms with Crippen LogP contribution in [0.5, 0.6) is 11.5 Å². The van der Waals surface area contributed by atoms with Gasteiger partial charge in [0.25, 0.3) is 0 Å². The molecular weight excluding hydrogens is 246 g/mol. The maximum absolute atomic E-state index is 10.8. The van der Waals surface area contributed by atoms with Crippen molar-refractivity contribution in [2.24, 2.45) is 0 Å². The molecule has 0 bridgehead atoms. The second-order valence-corrected chi connectivity index (χ2v) is 5.03. The molecule has 5 heteroatoms. The van der Waals surface area contributed by atoms with Gasteiger partial charge in [-0.1, -0.05) is 6.07 Å². The lowest BCUT2D eigenvalue weighted by Crippen LogP contribution is -2.33. The Labute approximate surface area is 111 Å². The van der Waals surface area contributed by atoms with Crippen molar-refractivity contribution >= 4 is 5.97 Å². The number of fused-ring (bicyclic) bond motifs is 1. The molecule has 0 aromatic heterocycles. The fourth-order valence-electron chi connectivity index (χ4n) is 2.37. The second-order valence-electron chi connectivity index (χ2n) is 5.03. The highest BCUT2D eigenvalue weighted by Crippen LogP contribution is 2.33. The van der Waals surface area contributed by atoms with Crippen LogP contribution >= 0.6 is 0 Å². The Kier molecular flexibility index (Phi) is 3.29. The second kappa shape index (κ2) is 5.09. The number of aliphatic carboxylic acids is 1. The maximum Gasteiger partial charge on any atom is 0.317 e. The van der Waals surface area contributed by atoms with Crippen LogP contribution in [0.4, 0.5) is 0 Å². The van der Waals surface area contributed by atoms with E-state index in [2.05, 4.69) is 0 Å². The number of carboxylic acids is 1. The Balaban J connectivity index is 1.59. The quantitative estimate of drug-likeness (QED) is 0.843. The third-order valence-corrected chi connectivity index (χ3v) is 3.53. The number of hydrogen-bond donors (Lipinski definition) is 1. The van der Waals surface area contributed by atoms with Crippen molar-refractivity contribution in [1.29, 1.82) is 0 Å². The summed E-state index contributed by atoms with van der Waals surface area (Å²) in [5.74, 6) is 0.819. The van der Waals surface area contributed by atoms with Crippen LogP contribution in [0, 0.1) is 0 Å². The number of hydrogen-bond acceptors (Lipinski definition) is 4. The molecule has 2 aliphatic rings. The van der Waals surface area contributed by atoms with Crippen LogP contribution in [0.2, 0.25) is 0 Å². The predicted octanol–water partition coefficient (Wildman–Crippen LogP) is 1.51. The first-order chi connectivity index (χ1) is 9.22. The summed E-state index contributed by atoms with van der Waals surface area (Å²) in [6.07, 6.45) is 3.07. The van der Waals surface area contributed by atoms with Crippen molar-refractivity contribution in [2.75, 3.05) is 19.9 Å². The van der Waals surface area contributed by atoms with Gasteiger partial charge in [-0.2, -0.15) is 0 Å². The van der Waals surface area contributed by atoms with Crippen molar-refractivity contribution in [1.82, 2.24) is 4.90 Å². The molecule has 1 aromatic rings. The van der Waals surface area contributed by atoms with E-state index < -0.39 is 5.97 Å². The van der Waals surface area contributed by atoms with E-state index in [4.69, 9.17) is 14.6 Å². The van der Waals surface area contributed by atoms with Crippen LogP contribution in [0.25, 0.3) is 0 Å². The number of nitrogens with zero attached hydrogens (tertiary/aromatic N) is 1. The molecule has 0 unspecified atom stereocenters. The Bertz CT molecular complexity index is 484. The van der Waals surface area contributed by atoms with E-state index in [0.717, 1.165) is 42.9 Å². The molecule has 1 N–H and O–H groups in total. The van der Waals surface area contributed by atoms with Gasteiger partial charge in [0.15, 0.2) is 11.5 Å². The lowest BCUT2D eigenvalue weighted by atomic mass is 10.1. The summed E-state index contributed by atoms with van der Waals surface area (Å²) in [6, 6.07) is 6.37. The molecule has 1 fully saturated rings. The summed E-state index contributed by atoms with van der Waals surface area (Å²) in [5.41, 5.74) is 1.15. The Morgan fingerprint density at radius 2 is 2.11 bits per heavy atom. The SMILES string of the molecule is O=C(O)CN(CCc1ccc2c(c1)OCO2)C1CC1. The Morgan fingerprint density at radius 1 is 1.32 bits per heavy atom. The average Bonchev–Trinajstić information content (AvgIpc) is 3.12. The van der Waals surface area contributed by atoms with Gasteiger partial charge in [-0.05, 0) is 37.0 Å². The van der Waals surface area contributed by atoms with Crippen molar-refractivity contribution in [2.45, 2.75) is 25.3 Å². The van der Waals surface area contributed by atoms with Crippen molar-refractivity contribution in [3.8, 4) is 11.5 Å². The lowest BCUT2D eigenvalue weighted by Gasteiger charge is -2.19. The van der Waals surface area contributed by atoms with Crippen molar-refractivity contribution in [3.63, 3.8) is 0 Å². The smallest absolute Gasteiger partial charge is 0.317 e. The fraction of sp³-hybridized carbons (Fsp3) is 0.500. The van der Waals surface area contributed by atoms with Gasteiger partial charge in [0.2, 0.25) is 6.79 Å². The predicted molar refractivity (Wildman–Crippen MR) is 68.5 cm³/mol. The van der Waals surface area contributed by atoms with E-state index in [9.17, 15) is 4.79 Å². The first-order valence-corrected chi connectivity index (χ1v) is 6.57. The van der Waals surface area contributed by atoms with Crippen LogP contribution in [0.3, 0.4) is 0 Å². The molecule has 5 nitrogen and oxygen atoms in total. The zero-order valence-corrected chi connectivity index (χ0v) is 10.7. The van der Waals surface area contributed by atoms with Gasteiger partial charge in [0.05, 0.1) is 6.54 Å². The largest absolute Gasteiger partial charge is 0.480 e. The molecule has 0 radical (unpaired) electrons. The normalized spacial score (nSPS) is 16.9. The van der Waals surface area contributed by atoms with Crippen molar-refractivity contribution < 1.29 is 19.4 Å². The van der Waals surface area contributed by atoms with Gasteiger partial charge in [-0.15, -0.1) is 0 Å². The molecule has 0 saturated heterocycles. The van der Waals surface area contributed by atoms with E-state index in [-0.39, 0.29) is 13.3 Å². The van der Waals surface area contributed by atoms with Gasteiger partial charge >= 0.3 is 5.97 Å². The van der Waals surface area contributed by atoms with Crippen LogP contribution < -0.4 is 9.47 Å². The Morgan fingerprint density at radius 3 is 2.84 bits per heavy atom. The molecule has 102 valence electrons. The first-order valence-electron chi connectivity index (χ1n) is 6.57. The fourth-order valence-corrected chi connectivity index (χ4v) is 2.37. The standard InChI is InChI=1S/C14H17NO4/c16-14(17)8-15(11-2-3-11)6-5-10-1-4-12-13(7-10)19-9-18-12/h1,4,7,11H,2-3,5-6,8-9H2,(H,16,17). The minimum absolute atomic E-state index is 0.134. The minimum Gasteiger partial charge on any atom is -0.480 e. The molecule has 1 aliphatic carbocycles. The number of benzene rings is 1. The summed E-state index contributed by atoms with van der Waals surface area (Å²) in [6.45, 7) is 1.19. The molecule has 0 amide bonds. The first kappa shape index (κ1) is 12.3. The zero-order valence-electron chi connectivity index (χ0n) is 10.7. The van der Waals surface area contributed by atoms with Gasteiger partial charge in [0, 0.05) is 12.6 Å². The summed E-state index contributed by atoms with van der Waals surface area (Å²) in [7, 11) is 0. The summed E-state index contributed by atoms with van der Waals surface area (Å²) >= 11 is 0. The zero-order chi connectivity index (χ0) is 13.2. The van der Waals surface area contributed by atoms with Gasteiger partial charge < -0.3 is 14.6 Å².